The quantitative estimate of drug-likeness (QED) is 0.701. The maximum atomic E-state index is 11.1. The molecular weight excluding hydrogens is 154 g/mol. The lowest BCUT2D eigenvalue weighted by atomic mass is 10.2. The highest BCUT2D eigenvalue weighted by molar-refractivity contribution is 4.82. The van der Waals surface area contributed by atoms with Gasteiger partial charge in [-0.3, -0.25) is 4.79 Å². The molecule has 12 heavy (non-hydrogen) atoms. The number of hydrogen-bond donors (Lipinski definition) is 2. The Morgan fingerprint density at radius 3 is 3.00 bits per heavy atom. The zero-order valence-electron chi connectivity index (χ0n) is 7.29. The van der Waals surface area contributed by atoms with E-state index in [1.165, 1.54) is 10.7 Å². The van der Waals surface area contributed by atoms with Crippen LogP contribution in [0, 0.1) is 0 Å². The van der Waals surface area contributed by atoms with Gasteiger partial charge in [-0.1, -0.05) is 19.8 Å². The molecule has 3 N–H and O–H groups in total. The standard InChI is InChI=1S/C8H15N3O/c1-2-3-4-7(9)11-8(12)5-6-10-11/h5-7,10H,2-4,9H2,1H3. The van der Waals surface area contributed by atoms with Crippen LogP contribution in [0.15, 0.2) is 17.1 Å². The van der Waals surface area contributed by atoms with E-state index < -0.39 is 0 Å². The van der Waals surface area contributed by atoms with Crippen molar-refractivity contribution in [1.29, 1.82) is 0 Å². The largest absolute Gasteiger partial charge is 0.310 e. The average Bonchev–Trinajstić information content (AvgIpc) is 2.47. The van der Waals surface area contributed by atoms with Crippen LogP contribution in [0.3, 0.4) is 0 Å². The van der Waals surface area contributed by atoms with E-state index in [1.807, 2.05) is 0 Å². The lowest BCUT2D eigenvalue weighted by molar-refractivity contribution is 0.415. The molecule has 0 aliphatic carbocycles. The number of H-pyrrole nitrogens is 1. The van der Waals surface area contributed by atoms with Crippen molar-refractivity contribution in [3.8, 4) is 0 Å². The van der Waals surface area contributed by atoms with Gasteiger partial charge in [0.15, 0.2) is 0 Å². The predicted molar refractivity (Wildman–Crippen MR) is 47.8 cm³/mol. The van der Waals surface area contributed by atoms with Crippen molar-refractivity contribution in [2.45, 2.75) is 32.4 Å². The molecule has 0 aliphatic rings. The molecule has 1 atom stereocenters. The molecule has 0 fully saturated rings. The summed E-state index contributed by atoms with van der Waals surface area (Å²) in [6.45, 7) is 2.10. The highest BCUT2D eigenvalue weighted by Crippen LogP contribution is 2.04. The van der Waals surface area contributed by atoms with Gasteiger partial charge in [0.25, 0.3) is 5.56 Å². The molecule has 0 saturated heterocycles. The molecule has 68 valence electrons. The molecule has 0 aliphatic heterocycles. The van der Waals surface area contributed by atoms with Crippen LogP contribution in [0.2, 0.25) is 0 Å². The normalized spacial score (nSPS) is 13.2. The van der Waals surface area contributed by atoms with Gasteiger partial charge in [-0.2, -0.15) is 0 Å². The van der Waals surface area contributed by atoms with E-state index in [1.54, 1.807) is 6.20 Å². The van der Waals surface area contributed by atoms with Crippen LogP contribution >= 0.6 is 0 Å². The van der Waals surface area contributed by atoms with E-state index in [-0.39, 0.29) is 11.7 Å². The van der Waals surface area contributed by atoms with Crippen molar-refractivity contribution in [2.75, 3.05) is 0 Å². The number of hydrogen-bond acceptors (Lipinski definition) is 2. The van der Waals surface area contributed by atoms with Crippen molar-refractivity contribution in [1.82, 2.24) is 9.78 Å². The molecule has 0 radical (unpaired) electrons. The Hall–Kier alpha value is -1.03. The van der Waals surface area contributed by atoms with E-state index in [0.717, 1.165) is 19.3 Å². The summed E-state index contributed by atoms with van der Waals surface area (Å²) in [6.07, 6.45) is 4.40. The first kappa shape index (κ1) is 9.06. The molecule has 1 aromatic heterocycles. The van der Waals surface area contributed by atoms with Gasteiger partial charge in [0.1, 0.15) is 6.17 Å². The van der Waals surface area contributed by atoms with Gasteiger partial charge in [0.2, 0.25) is 0 Å². The van der Waals surface area contributed by atoms with Crippen LogP contribution in [0.25, 0.3) is 0 Å². The van der Waals surface area contributed by atoms with E-state index in [9.17, 15) is 4.79 Å². The second-order valence-electron chi connectivity index (χ2n) is 2.88. The first-order valence-electron chi connectivity index (χ1n) is 4.27. The van der Waals surface area contributed by atoms with Gasteiger partial charge >= 0.3 is 0 Å². The summed E-state index contributed by atoms with van der Waals surface area (Å²) < 4.78 is 1.45. The Bertz CT molecular complexity index is 276. The summed E-state index contributed by atoms with van der Waals surface area (Å²) >= 11 is 0. The summed E-state index contributed by atoms with van der Waals surface area (Å²) in [4.78, 5) is 11.1. The average molecular weight is 169 g/mol. The van der Waals surface area contributed by atoms with Crippen LogP contribution in [0.1, 0.15) is 32.4 Å². The molecular formula is C8H15N3O. The fourth-order valence-corrected chi connectivity index (χ4v) is 1.13. The fourth-order valence-electron chi connectivity index (χ4n) is 1.13. The number of rotatable bonds is 4. The molecule has 1 unspecified atom stereocenters. The zero-order valence-corrected chi connectivity index (χ0v) is 7.29. The Morgan fingerprint density at radius 1 is 1.75 bits per heavy atom. The third-order valence-corrected chi connectivity index (χ3v) is 1.86. The SMILES string of the molecule is CCCCC(N)n1[nH]ccc1=O. The molecule has 4 nitrogen and oxygen atoms in total. The Morgan fingerprint density at radius 2 is 2.50 bits per heavy atom. The second-order valence-corrected chi connectivity index (χ2v) is 2.88. The maximum Gasteiger partial charge on any atom is 0.267 e. The number of aromatic nitrogens is 2. The smallest absolute Gasteiger partial charge is 0.267 e. The van der Waals surface area contributed by atoms with Crippen molar-refractivity contribution >= 4 is 0 Å². The van der Waals surface area contributed by atoms with Crippen LogP contribution in [-0.2, 0) is 0 Å². The third kappa shape index (κ3) is 1.98. The number of unbranched alkanes of at least 4 members (excludes halogenated alkanes) is 1. The van der Waals surface area contributed by atoms with Gasteiger partial charge in [0.05, 0.1) is 0 Å². The lowest BCUT2D eigenvalue weighted by Crippen LogP contribution is -2.28. The molecule has 0 spiro atoms. The van der Waals surface area contributed by atoms with Crippen molar-refractivity contribution in [3.63, 3.8) is 0 Å². The van der Waals surface area contributed by atoms with Gasteiger partial charge in [0, 0.05) is 12.3 Å². The third-order valence-electron chi connectivity index (χ3n) is 1.86. The summed E-state index contributed by atoms with van der Waals surface area (Å²) in [6, 6.07) is 1.48. The fraction of sp³-hybridized carbons (Fsp3) is 0.625. The zero-order chi connectivity index (χ0) is 8.97. The van der Waals surface area contributed by atoms with Crippen LogP contribution in [0.5, 0.6) is 0 Å². The summed E-state index contributed by atoms with van der Waals surface area (Å²) in [5, 5.41) is 2.79. The maximum absolute atomic E-state index is 11.1. The minimum Gasteiger partial charge on any atom is -0.310 e. The summed E-state index contributed by atoms with van der Waals surface area (Å²) in [5.41, 5.74) is 5.70. The molecule has 0 saturated carbocycles. The number of nitrogens with zero attached hydrogens (tertiary/aromatic N) is 1. The lowest BCUT2D eigenvalue weighted by Gasteiger charge is -2.10. The van der Waals surface area contributed by atoms with Crippen LogP contribution < -0.4 is 11.3 Å². The highest BCUT2D eigenvalue weighted by Gasteiger charge is 2.05. The topological polar surface area (TPSA) is 63.8 Å². The van der Waals surface area contributed by atoms with E-state index in [4.69, 9.17) is 5.73 Å². The summed E-state index contributed by atoms with van der Waals surface area (Å²) in [7, 11) is 0. The minimum atomic E-state index is -0.201. The molecule has 0 bridgehead atoms. The summed E-state index contributed by atoms with van der Waals surface area (Å²) in [5.74, 6) is 0. The highest BCUT2D eigenvalue weighted by atomic mass is 16.1. The van der Waals surface area contributed by atoms with Crippen LogP contribution in [0.4, 0.5) is 0 Å². The first-order valence-corrected chi connectivity index (χ1v) is 4.27. The Kier molecular flexibility index (Phi) is 3.10. The van der Waals surface area contributed by atoms with E-state index >= 15 is 0 Å². The minimum absolute atomic E-state index is 0.0568. The molecule has 0 amide bonds. The van der Waals surface area contributed by atoms with Crippen molar-refractivity contribution < 1.29 is 0 Å². The Labute approximate surface area is 71.4 Å². The molecule has 1 rings (SSSR count). The van der Waals surface area contributed by atoms with Crippen LogP contribution in [-0.4, -0.2) is 9.78 Å². The molecule has 1 aromatic rings. The second kappa shape index (κ2) is 4.11. The van der Waals surface area contributed by atoms with Crippen molar-refractivity contribution in [3.05, 3.63) is 22.6 Å². The predicted octanol–water partition coefficient (Wildman–Crippen LogP) is 0.824. The molecule has 1 heterocycles. The first-order chi connectivity index (χ1) is 5.75. The number of aromatic amines is 1. The van der Waals surface area contributed by atoms with E-state index in [0.29, 0.717) is 0 Å². The van der Waals surface area contributed by atoms with Gasteiger partial charge in [-0.05, 0) is 6.42 Å². The van der Waals surface area contributed by atoms with Gasteiger partial charge in [-0.25, -0.2) is 4.68 Å². The number of nitrogens with two attached hydrogens (primary N) is 1. The Balaban J connectivity index is 2.59. The molecule has 4 heteroatoms. The van der Waals surface area contributed by atoms with Crippen molar-refractivity contribution in [2.24, 2.45) is 5.73 Å². The van der Waals surface area contributed by atoms with E-state index in [2.05, 4.69) is 12.0 Å². The van der Waals surface area contributed by atoms with Gasteiger partial charge in [-0.15, -0.1) is 0 Å². The number of nitrogens with one attached hydrogen (secondary N) is 1. The monoisotopic (exact) mass is 169 g/mol. The molecule has 0 aromatic carbocycles. The van der Waals surface area contributed by atoms with Gasteiger partial charge < -0.3 is 10.8 Å².